The van der Waals surface area contributed by atoms with Crippen molar-refractivity contribution in [1.29, 1.82) is 0 Å². The first-order chi connectivity index (χ1) is 16.9. The summed E-state index contributed by atoms with van der Waals surface area (Å²) < 4.78 is 43.3. The van der Waals surface area contributed by atoms with Crippen LogP contribution in [0.15, 0.2) is 30.5 Å². The smallest absolute Gasteiger partial charge is 0.308 e. The molecule has 4 aliphatic carbocycles. The summed E-state index contributed by atoms with van der Waals surface area (Å²) in [5.74, 6) is -1.54. The van der Waals surface area contributed by atoms with Crippen LogP contribution in [0.3, 0.4) is 0 Å². The molecule has 0 radical (unpaired) electrons. The maximum absolute atomic E-state index is 14.4. The third-order valence-corrected chi connectivity index (χ3v) is 7.95. The number of carboxylic acids is 1. The molecule has 3 aromatic rings. The Hall–Kier alpha value is -3.36. The maximum atomic E-state index is 14.4. The van der Waals surface area contributed by atoms with Gasteiger partial charge in [0.25, 0.3) is 0 Å². The van der Waals surface area contributed by atoms with Crippen LogP contribution in [0.1, 0.15) is 42.6 Å². The SMILES string of the molecule is O=C(O)C1C2CCC(CC2)C1Nc1nc(C2=CCc3c(F)cc(F)cc32)nc2c1ccn2CCF. The minimum atomic E-state index is -0.809. The van der Waals surface area contributed by atoms with E-state index in [9.17, 15) is 23.1 Å². The molecular formula is C26H25F3N4O2. The Kier molecular flexibility index (Phi) is 5.30. The summed E-state index contributed by atoms with van der Waals surface area (Å²) >= 11 is 0. The number of aryl methyl sites for hydroxylation is 1. The zero-order valence-corrected chi connectivity index (χ0v) is 19.0. The number of carbonyl (C=O) groups is 1. The first kappa shape index (κ1) is 22.1. The molecule has 3 fully saturated rings. The Morgan fingerprint density at radius 2 is 1.91 bits per heavy atom. The second-order valence-electron chi connectivity index (χ2n) is 9.78. The molecule has 2 unspecified atom stereocenters. The molecule has 7 rings (SSSR count). The topological polar surface area (TPSA) is 80.0 Å². The molecule has 1 aromatic carbocycles. The zero-order chi connectivity index (χ0) is 24.3. The Labute approximate surface area is 199 Å². The fraction of sp³-hybridized carbons (Fsp3) is 0.423. The van der Waals surface area contributed by atoms with Gasteiger partial charge in [-0.15, -0.1) is 0 Å². The average molecular weight is 483 g/mol. The summed E-state index contributed by atoms with van der Waals surface area (Å²) in [6.07, 6.45) is 7.55. The molecule has 0 amide bonds. The molecule has 182 valence electrons. The lowest BCUT2D eigenvalue weighted by molar-refractivity contribution is -0.148. The second-order valence-corrected chi connectivity index (χ2v) is 9.78. The fourth-order valence-electron chi connectivity index (χ4n) is 6.31. The molecule has 9 heteroatoms. The number of fused-ring (bicyclic) bond motifs is 5. The zero-order valence-electron chi connectivity index (χ0n) is 19.0. The number of rotatable bonds is 6. The molecule has 3 saturated carbocycles. The number of carboxylic acid groups (broad SMARTS) is 1. The van der Waals surface area contributed by atoms with E-state index >= 15 is 0 Å². The van der Waals surface area contributed by atoms with Crippen LogP contribution in [0.2, 0.25) is 0 Å². The van der Waals surface area contributed by atoms with Crippen LogP contribution in [0.4, 0.5) is 19.0 Å². The van der Waals surface area contributed by atoms with Gasteiger partial charge in [0.2, 0.25) is 0 Å². The van der Waals surface area contributed by atoms with Crippen LogP contribution >= 0.6 is 0 Å². The molecule has 2 aromatic heterocycles. The van der Waals surface area contributed by atoms with E-state index in [1.807, 2.05) is 0 Å². The molecule has 35 heavy (non-hydrogen) atoms. The van der Waals surface area contributed by atoms with Gasteiger partial charge in [0.1, 0.15) is 29.8 Å². The number of benzene rings is 1. The molecular weight excluding hydrogens is 457 g/mol. The highest BCUT2D eigenvalue weighted by molar-refractivity contribution is 5.91. The molecule has 0 spiro atoms. The van der Waals surface area contributed by atoms with E-state index in [4.69, 9.17) is 4.98 Å². The van der Waals surface area contributed by atoms with Crippen LogP contribution < -0.4 is 5.32 Å². The van der Waals surface area contributed by atoms with Gasteiger partial charge in [-0.2, -0.15) is 0 Å². The van der Waals surface area contributed by atoms with Gasteiger partial charge in [0, 0.05) is 23.9 Å². The van der Waals surface area contributed by atoms with Crippen LogP contribution in [0, 0.1) is 29.4 Å². The maximum Gasteiger partial charge on any atom is 0.308 e. The van der Waals surface area contributed by atoms with Gasteiger partial charge < -0.3 is 15.0 Å². The predicted octanol–water partition coefficient (Wildman–Crippen LogP) is 4.97. The van der Waals surface area contributed by atoms with E-state index in [1.54, 1.807) is 22.9 Å². The van der Waals surface area contributed by atoms with Crippen LogP contribution in [-0.2, 0) is 17.8 Å². The average Bonchev–Trinajstić information content (AvgIpc) is 3.44. The van der Waals surface area contributed by atoms with Gasteiger partial charge >= 0.3 is 5.97 Å². The number of hydrogen-bond acceptors (Lipinski definition) is 4. The number of hydrogen-bond donors (Lipinski definition) is 2. The summed E-state index contributed by atoms with van der Waals surface area (Å²) in [6.45, 7) is -0.481. The lowest BCUT2D eigenvalue weighted by Crippen LogP contribution is -2.51. The van der Waals surface area contributed by atoms with E-state index in [1.165, 1.54) is 6.07 Å². The number of allylic oxidation sites excluding steroid dienone is 1. The van der Waals surface area contributed by atoms with Crippen molar-refractivity contribution >= 4 is 28.4 Å². The van der Waals surface area contributed by atoms with E-state index in [0.29, 0.717) is 40.0 Å². The van der Waals surface area contributed by atoms with Crippen LogP contribution in [0.25, 0.3) is 16.6 Å². The second kappa shape index (κ2) is 8.39. The molecule has 0 saturated heterocycles. The van der Waals surface area contributed by atoms with Gasteiger partial charge in [0.05, 0.1) is 17.8 Å². The lowest BCUT2D eigenvalue weighted by Gasteiger charge is -2.47. The number of alkyl halides is 1. The van der Waals surface area contributed by atoms with Crippen molar-refractivity contribution in [2.75, 3.05) is 12.0 Å². The van der Waals surface area contributed by atoms with Crippen molar-refractivity contribution in [3.05, 3.63) is 59.1 Å². The summed E-state index contributed by atoms with van der Waals surface area (Å²) in [6, 6.07) is 3.65. The van der Waals surface area contributed by atoms with Crippen molar-refractivity contribution < 1.29 is 23.1 Å². The number of halogens is 3. The summed E-state index contributed by atoms with van der Waals surface area (Å²) in [5, 5.41) is 14.1. The van der Waals surface area contributed by atoms with E-state index in [0.717, 1.165) is 31.7 Å². The highest BCUT2D eigenvalue weighted by Gasteiger charge is 2.47. The molecule has 2 N–H and O–H groups in total. The van der Waals surface area contributed by atoms with E-state index in [-0.39, 0.29) is 30.2 Å². The molecule has 0 aliphatic heterocycles. The summed E-state index contributed by atoms with van der Waals surface area (Å²) in [4.78, 5) is 21.6. The van der Waals surface area contributed by atoms with Crippen molar-refractivity contribution in [3.63, 3.8) is 0 Å². The minimum Gasteiger partial charge on any atom is -0.481 e. The highest BCUT2D eigenvalue weighted by atomic mass is 19.1. The molecule has 2 bridgehead atoms. The quantitative estimate of drug-likeness (QED) is 0.519. The number of nitrogens with zero attached hydrogens (tertiary/aromatic N) is 3. The van der Waals surface area contributed by atoms with E-state index < -0.39 is 30.2 Å². The molecule has 6 nitrogen and oxygen atoms in total. The van der Waals surface area contributed by atoms with Crippen molar-refractivity contribution in [3.8, 4) is 0 Å². The van der Waals surface area contributed by atoms with Crippen LogP contribution in [0.5, 0.6) is 0 Å². The molecule has 2 heterocycles. The number of nitrogens with one attached hydrogen (secondary N) is 1. The Morgan fingerprint density at radius 3 is 2.66 bits per heavy atom. The first-order valence-electron chi connectivity index (χ1n) is 12.1. The van der Waals surface area contributed by atoms with Gasteiger partial charge in [-0.3, -0.25) is 4.79 Å². The molecule has 4 aliphatic rings. The number of anilines is 1. The van der Waals surface area contributed by atoms with Gasteiger partial charge in [0.15, 0.2) is 5.82 Å². The van der Waals surface area contributed by atoms with Crippen molar-refractivity contribution in [2.45, 2.75) is 44.7 Å². The monoisotopic (exact) mass is 482 g/mol. The van der Waals surface area contributed by atoms with Crippen molar-refractivity contribution in [1.82, 2.24) is 14.5 Å². The minimum absolute atomic E-state index is 0.101. The van der Waals surface area contributed by atoms with Crippen molar-refractivity contribution in [2.24, 2.45) is 17.8 Å². The summed E-state index contributed by atoms with van der Waals surface area (Å²) in [7, 11) is 0. The number of aliphatic carboxylic acids is 1. The Morgan fingerprint density at radius 1 is 1.14 bits per heavy atom. The van der Waals surface area contributed by atoms with Crippen LogP contribution in [-0.4, -0.2) is 38.3 Å². The predicted molar refractivity (Wildman–Crippen MR) is 125 cm³/mol. The normalized spacial score (nSPS) is 25.1. The standard InChI is InChI=1S/C26H25F3N4O2/c27-8-10-33-9-7-18-24(30-22-14-3-1-13(2-4-14)21(22)26(34)35)31-23(32-25(18)33)17-6-5-16-19(17)11-15(28)12-20(16)29/h6-7,9,11-14,21-22H,1-5,8,10H2,(H,34,35)(H,30,31,32). The largest absolute Gasteiger partial charge is 0.481 e. The van der Waals surface area contributed by atoms with Gasteiger partial charge in [-0.1, -0.05) is 6.08 Å². The highest BCUT2D eigenvalue weighted by Crippen LogP contribution is 2.47. The third-order valence-electron chi connectivity index (χ3n) is 7.95. The van der Waals surface area contributed by atoms with E-state index in [2.05, 4.69) is 10.3 Å². The Bertz CT molecular complexity index is 1360. The lowest BCUT2D eigenvalue weighted by atomic mass is 9.61. The fourth-order valence-corrected chi connectivity index (χ4v) is 6.31. The molecule has 2 atom stereocenters. The first-order valence-corrected chi connectivity index (χ1v) is 12.1. The van der Waals surface area contributed by atoms with Gasteiger partial charge in [-0.05, 0) is 67.2 Å². The Balaban J connectivity index is 1.47. The summed E-state index contributed by atoms with van der Waals surface area (Å²) in [5.41, 5.74) is 1.79. The number of aromatic nitrogens is 3. The van der Waals surface area contributed by atoms with Gasteiger partial charge in [-0.25, -0.2) is 23.1 Å². The third kappa shape index (κ3) is 3.59.